The number of hydrogen-bond acceptors (Lipinski definition) is 4. The van der Waals surface area contributed by atoms with E-state index in [9.17, 15) is 4.79 Å². The largest absolute Gasteiger partial charge is 0.353 e. The molecular weight excluding hydrogens is 282 g/mol. The molecular formula is C16H25N3OS. The number of hydrogen-bond donors (Lipinski definition) is 1. The fourth-order valence-electron chi connectivity index (χ4n) is 3.70. The molecule has 1 aromatic rings. The van der Waals surface area contributed by atoms with E-state index in [0.717, 1.165) is 52.1 Å². The van der Waals surface area contributed by atoms with E-state index in [0.29, 0.717) is 0 Å². The minimum atomic E-state index is -0.241. The minimum absolute atomic E-state index is 0.241. The van der Waals surface area contributed by atoms with Crippen molar-refractivity contribution in [3.8, 4) is 0 Å². The second-order valence-corrected chi connectivity index (χ2v) is 7.53. The lowest BCUT2D eigenvalue weighted by Gasteiger charge is -2.49. The highest BCUT2D eigenvalue weighted by Gasteiger charge is 2.47. The second kappa shape index (κ2) is 6.07. The summed E-state index contributed by atoms with van der Waals surface area (Å²) in [5.74, 6) is 0.252. The fraction of sp³-hybridized carbons (Fsp3) is 0.688. The number of likely N-dealkylation sites (tertiary alicyclic amines) is 1. The normalized spacial score (nSPS) is 23.4. The maximum Gasteiger partial charge on any atom is 0.240 e. The standard InChI is InChI=1S/C16H25N3OS/c1-3-19-11-8-17-15(20)16(19)6-9-18(10-7-16)12-14-5-4-13(2)21-14/h4-5H,3,6-12H2,1-2H3,(H,17,20). The average molecular weight is 307 g/mol. The summed E-state index contributed by atoms with van der Waals surface area (Å²) in [7, 11) is 0. The Hall–Kier alpha value is -0.910. The Kier molecular flexibility index (Phi) is 4.33. The van der Waals surface area contributed by atoms with Gasteiger partial charge < -0.3 is 5.32 Å². The lowest BCUT2D eigenvalue weighted by molar-refractivity contribution is -0.141. The molecule has 0 atom stereocenters. The van der Waals surface area contributed by atoms with Crippen molar-refractivity contribution in [2.45, 2.75) is 38.8 Å². The van der Waals surface area contributed by atoms with Gasteiger partial charge in [-0.15, -0.1) is 11.3 Å². The molecule has 116 valence electrons. The summed E-state index contributed by atoms with van der Waals surface area (Å²) in [5, 5.41) is 3.08. The van der Waals surface area contributed by atoms with Crippen LogP contribution in [0.15, 0.2) is 12.1 Å². The van der Waals surface area contributed by atoms with Crippen LogP contribution < -0.4 is 5.32 Å². The first-order valence-corrected chi connectivity index (χ1v) is 8.77. The molecule has 2 aliphatic heterocycles. The molecule has 1 N–H and O–H groups in total. The number of carbonyl (C=O) groups excluding carboxylic acids is 1. The molecule has 0 unspecified atom stereocenters. The van der Waals surface area contributed by atoms with Crippen molar-refractivity contribution in [1.29, 1.82) is 0 Å². The summed E-state index contributed by atoms with van der Waals surface area (Å²) in [4.78, 5) is 20.1. The van der Waals surface area contributed by atoms with Crippen LogP contribution in [0.3, 0.4) is 0 Å². The number of nitrogens with zero attached hydrogens (tertiary/aromatic N) is 2. The van der Waals surface area contributed by atoms with Gasteiger partial charge in [0, 0.05) is 42.5 Å². The maximum absolute atomic E-state index is 12.4. The van der Waals surface area contributed by atoms with Gasteiger partial charge in [0.2, 0.25) is 5.91 Å². The molecule has 5 heteroatoms. The molecule has 0 aliphatic carbocycles. The molecule has 0 radical (unpaired) electrons. The average Bonchev–Trinajstić information content (AvgIpc) is 2.89. The molecule has 1 amide bonds. The van der Waals surface area contributed by atoms with E-state index in [1.807, 2.05) is 11.3 Å². The van der Waals surface area contributed by atoms with Gasteiger partial charge in [0.05, 0.1) is 0 Å². The zero-order valence-corrected chi connectivity index (χ0v) is 13.8. The number of piperazine rings is 1. The number of likely N-dealkylation sites (N-methyl/N-ethyl adjacent to an activating group) is 1. The summed E-state index contributed by atoms with van der Waals surface area (Å²) in [6.45, 7) is 10.1. The van der Waals surface area contributed by atoms with Gasteiger partial charge in [-0.25, -0.2) is 0 Å². The van der Waals surface area contributed by atoms with Crippen LogP contribution in [0, 0.1) is 6.92 Å². The zero-order chi connectivity index (χ0) is 14.9. The Morgan fingerprint density at radius 3 is 2.67 bits per heavy atom. The van der Waals surface area contributed by atoms with Gasteiger partial charge in [-0.05, 0) is 38.4 Å². The molecule has 0 aromatic carbocycles. The fourth-order valence-corrected chi connectivity index (χ4v) is 4.64. The highest BCUT2D eigenvalue weighted by atomic mass is 32.1. The van der Waals surface area contributed by atoms with Crippen molar-refractivity contribution in [2.75, 3.05) is 32.7 Å². The van der Waals surface area contributed by atoms with Crippen LogP contribution in [0.4, 0.5) is 0 Å². The minimum Gasteiger partial charge on any atom is -0.353 e. The number of aryl methyl sites for hydroxylation is 1. The summed E-state index contributed by atoms with van der Waals surface area (Å²) < 4.78 is 0. The Morgan fingerprint density at radius 1 is 1.29 bits per heavy atom. The number of amides is 1. The van der Waals surface area contributed by atoms with Crippen LogP contribution in [0.25, 0.3) is 0 Å². The van der Waals surface area contributed by atoms with Gasteiger partial charge in [0.1, 0.15) is 5.54 Å². The first kappa shape index (κ1) is 15.0. The van der Waals surface area contributed by atoms with E-state index in [2.05, 4.69) is 41.1 Å². The summed E-state index contributed by atoms with van der Waals surface area (Å²) in [6.07, 6.45) is 1.91. The van der Waals surface area contributed by atoms with Gasteiger partial charge in [-0.1, -0.05) is 6.92 Å². The van der Waals surface area contributed by atoms with Crippen LogP contribution >= 0.6 is 11.3 Å². The predicted octanol–water partition coefficient (Wildman–Crippen LogP) is 1.84. The molecule has 0 saturated carbocycles. The van der Waals surface area contributed by atoms with E-state index in [4.69, 9.17) is 0 Å². The summed E-state index contributed by atoms with van der Waals surface area (Å²) in [5.41, 5.74) is -0.241. The van der Waals surface area contributed by atoms with Crippen molar-refractivity contribution < 1.29 is 4.79 Å². The zero-order valence-electron chi connectivity index (χ0n) is 13.0. The molecule has 2 fully saturated rings. The van der Waals surface area contributed by atoms with Crippen molar-refractivity contribution in [3.05, 3.63) is 21.9 Å². The van der Waals surface area contributed by atoms with Crippen LogP contribution in [0.1, 0.15) is 29.5 Å². The number of carbonyl (C=O) groups is 1. The molecule has 3 rings (SSSR count). The number of nitrogens with one attached hydrogen (secondary N) is 1. The third-order valence-corrected chi connectivity index (χ3v) is 5.92. The van der Waals surface area contributed by atoms with E-state index in [1.165, 1.54) is 9.75 Å². The Balaban J connectivity index is 1.64. The Labute approximate surface area is 131 Å². The van der Waals surface area contributed by atoms with Crippen LogP contribution in [0.5, 0.6) is 0 Å². The van der Waals surface area contributed by atoms with E-state index >= 15 is 0 Å². The third-order valence-electron chi connectivity index (χ3n) is 4.94. The highest BCUT2D eigenvalue weighted by molar-refractivity contribution is 7.11. The topological polar surface area (TPSA) is 35.6 Å². The van der Waals surface area contributed by atoms with Crippen molar-refractivity contribution in [3.63, 3.8) is 0 Å². The number of thiophene rings is 1. The first-order chi connectivity index (χ1) is 10.1. The summed E-state index contributed by atoms with van der Waals surface area (Å²) in [6, 6.07) is 4.43. The molecule has 1 spiro atoms. The van der Waals surface area contributed by atoms with Crippen molar-refractivity contribution in [1.82, 2.24) is 15.1 Å². The quantitative estimate of drug-likeness (QED) is 0.925. The molecule has 1 aromatic heterocycles. The van der Waals surface area contributed by atoms with Crippen LogP contribution in [0.2, 0.25) is 0 Å². The predicted molar refractivity (Wildman–Crippen MR) is 86.6 cm³/mol. The molecule has 0 bridgehead atoms. The second-order valence-electron chi connectivity index (χ2n) is 6.16. The SMILES string of the molecule is CCN1CCNC(=O)C12CCN(Cc1ccc(C)s1)CC2. The maximum atomic E-state index is 12.4. The van der Waals surface area contributed by atoms with Gasteiger partial charge in [0.15, 0.2) is 0 Å². The van der Waals surface area contributed by atoms with Gasteiger partial charge >= 0.3 is 0 Å². The lowest BCUT2D eigenvalue weighted by atomic mass is 9.83. The van der Waals surface area contributed by atoms with Gasteiger partial charge in [-0.3, -0.25) is 14.6 Å². The molecule has 2 saturated heterocycles. The van der Waals surface area contributed by atoms with E-state index in [-0.39, 0.29) is 11.4 Å². The van der Waals surface area contributed by atoms with Crippen LogP contribution in [-0.2, 0) is 11.3 Å². The third kappa shape index (κ3) is 2.87. The smallest absolute Gasteiger partial charge is 0.240 e. The van der Waals surface area contributed by atoms with Gasteiger partial charge in [0.25, 0.3) is 0 Å². The number of piperidine rings is 1. The summed E-state index contributed by atoms with van der Waals surface area (Å²) >= 11 is 1.88. The Morgan fingerprint density at radius 2 is 2.05 bits per heavy atom. The number of rotatable bonds is 3. The lowest BCUT2D eigenvalue weighted by Crippen LogP contribution is -2.67. The molecule has 4 nitrogen and oxygen atoms in total. The Bertz CT molecular complexity index is 505. The molecule has 3 heterocycles. The van der Waals surface area contributed by atoms with Gasteiger partial charge in [-0.2, -0.15) is 0 Å². The van der Waals surface area contributed by atoms with Crippen molar-refractivity contribution in [2.24, 2.45) is 0 Å². The highest BCUT2D eigenvalue weighted by Crippen LogP contribution is 2.32. The monoisotopic (exact) mass is 307 g/mol. The van der Waals surface area contributed by atoms with E-state index < -0.39 is 0 Å². The molecule has 21 heavy (non-hydrogen) atoms. The van der Waals surface area contributed by atoms with Crippen molar-refractivity contribution >= 4 is 17.2 Å². The van der Waals surface area contributed by atoms with E-state index in [1.54, 1.807) is 0 Å². The van der Waals surface area contributed by atoms with Crippen LogP contribution in [-0.4, -0.2) is 54.0 Å². The first-order valence-electron chi connectivity index (χ1n) is 7.95. The molecule has 2 aliphatic rings.